The third-order valence-electron chi connectivity index (χ3n) is 11.8. The van der Waals surface area contributed by atoms with Crippen LogP contribution in [0.15, 0.2) is 164 Å². The smallest absolute Gasteiger partial charge is 0.0618 e. The maximum Gasteiger partial charge on any atom is 0.0618 e. The Bertz CT molecular complexity index is 2530. The fraction of sp³-hybridized carbons (Fsp3) is 0.120. The third kappa shape index (κ3) is 4.22. The SMILES string of the molecule is CC1(C)c2ccccc2-c2ccc(N(c3ccc4c(c3)C(C)(C)c3ccccc3-4)c3c4ccccc4c(-c4ccccc4)c4ccccc34)cc21. The largest absolute Gasteiger partial charge is 0.309 e. The van der Waals surface area contributed by atoms with Crippen LogP contribution < -0.4 is 4.90 Å². The van der Waals surface area contributed by atoms with Gasteiger partial charge in [-0.3, -0.25) is 0 Å². The quantitative estimate of drug-likeness (QED) is 0.171. The highest BCUT2D eigenvalue weighted by molar-refractivity contribution is 6.22. The second-order valence-electron chi connectivity index (χ2n) is 15.3. The number of benzene rings is 8. The highest BCUT2D eigenvalue weighted by atomic mass is 15.1. The summed E-state index contributed by atoms with van der Waals surface area (Å²) in [6.45, 7) is 9.50. The van der Waals surface area contributed by atoms with Crippen molar-refractivity contribution in [2.75, 3.05) is 4.90 Å². The van der Waals surface area contributed by atoms with Crippen molar-refractivity contribution in [2.24, 2.45) is 0 Å². The van der Waals surface area contributed by atoms with Crippen molar-refractivity contribution in [3.05, 3.63) is 186 Å². The number of nitrogens with zero attached hydrogens (tertiary/aromatic N) is 1. The molecule has 10 rings (SSSR count). The lowest BCUT2D eigenvalue weighted by atomic mass is 9.82. The van der Waals surface area contributed by atoms with Gasteiger partial charge >= 0.3 is 0 Å². The van der Waals surface area contributed by atoms with Crippen molar-refractivity contribution in [1.82, 2.24) is 0 Å². The molecule has 8 aromatic rings. The highest BCUT2D eigenvalue weighted by Gasteiger charge is 2.38. The Morgan fingerprint density at radius 1 is 0.353 bits per heavy atom. The molecule has 0 saturated carbocycles. The van der Waals surface area contributed by atoms with E-state index in [4.69, 9.17) is 0 Å². The second-order valence-corrected chi connectivity index (χ2v) is 15.3. The predicted molar refractivity (Wildman–Crippen MR) is 217 cm³/mol. The van der Waals surface area contributed by atoms with Crippen LogP contribution in [0, 0.1) is 0 Å². The molecule has 0 aliphatic heterocycles. The summed E-state index contributed by atoms with van der Waals surface area (Å²) in [6, 6.07) is 61.1. The number of rotatable bonds is 4. The highest BCUT2D eigenvalue weighted by Crippen LogP contribution is 2.55. The van der Waals surface area contributed by atoms with Crippen molar-refractivity contribution < 1.29 is 0 Å². The van der Waals surface area contributed by atoms with Crippen LogP contribution in [0.4, 0.5) is 17.1 Å². The van der Waals surface area contributed by atoms with Gasteiger partial charge in [0, 0.05) is 33.0 Å². The van der Waals surface area contributed by atoms with E-state index in [1.165, 1.54) is 94.2 Å². The zero-order chi connectivity index (χ0) is 34.5. The lowest BCUT2D eigenvalue weighted by molar-refractivity contribution is 0.660. The Morgan fingerprint density at radius 3 is 1.24 bits per heavy atom. The van der Waals surface area contributed by atoms with Crippen molar-refractivity contribution in [1.29, 1.82) is 0 Å². The molecular formula is C50H39N. The van der Waals surface area contributed by atoms with Crippen LogP contribution in [0.3, 0.4) is 0 Å². The minimum absolute atomic E-state index is 0.115. The van der Waals surface area contributed by atoms with Crippen molar-refractivity contribution in [3.8, 4) is 33.4 Å². The first-order chi connectivity index (χ1) is 24.8. The van der Waals surface area contributed by atoms with Gasteiger partial charge in [-0.05, 0) is 90.7 Å². The molecule has 0 bridgehead atoms. The van der Waals surface area contributed by atoms with Crippen LogP contribution in [0.1, 0.15) is 49.9 Å². The molecule has 244 valence electrons. The maximum absolute atomic E-state index is 2.55. The van der Waals surface area contributed by atoms with E-state index in [9.17, 15) is 0 Å². The molecule has 1 heteroatoms. The fourth-order valence-corrected chi connectivity index (χ4v) is 9.33. The molecule has 0 spiro atoms. The first kappa shape index (κ1) is 29.9. The minimum Gasteiger partial charge on any atom is -0.309 e. The van der Waals surface area contributed by atoms with Gasteiger partial charge in [-0.2, -0.15) is 0 Å². The van der Waals surface area contributed by atoms with E-state index < -0.39 is 0 Å². The van der Waals surface area contributed by atoms with Crippen LogP contribution in [0.5, 0.6) is 0 Å². The van der Waals surface area contributed by atoms with E-state index in [1.807, 2.05) is 0 Å². The van der Waals surface area contributed by atoms with Gasteiger partial charge < -0.3 is 4.90 Å². The average molecular weight is 654 g/mol. The molecule has 0 saturated heterocycles. The van der Waals surface area contributed by atoms with E-state index in [1.54, 1.807) is 0 Å². The van der Waals surface area contributed by atoms with Gasteiger partial charge in [0.05, 0.1) is 5.69 Å². The molecular weight excluding hydrogens is 615 g/mol. The average Bonchev–Trinajstić information content (AvgIpc) is 3.54. The summed E-state index contributed by atoms with van der Waals surface area (Å²) in [5, 5.41) is 4.98. The summed E-state index contributed by atoms with van der Waals surface area (Å²) >= 11 is 0. The van der Waals surface area contributed by atoms with Gasteiger partial charge in [0.15, 0.2) is 0 Å². The predicted octanol–water partition coefficient (Wildman–Crippen LogP) is 13.7. The summed E-state index contributed by atoms with van der Waals surface area (Å²) in [4.78, 5) is 2.55. The van der Waals surface area contributed by atoms with Gasteiger partial charge in [-0.25, -0.2) is 0 Å². The Labute approximate surface area is 300 Å². The van der Waals surface area contributed by atoms with Crippen molar-refractivity contribution in [2.45, 2.75) is 38.5 Å². The first-order valence-electron chi connectivity index (χ1n) is 18.1. The van der Waals surface area contributed by atoms with Crippen LogP contribution in [-0.2, 0) is 10.8 Å². The number of fused-ring (bicyclic) bond motifs is 8. The van der Waals surface area contributed by atoms with E-state index in [0.29, 0.717) is 0 Å². The van der Waals surface area contributed by atoms with E-state index in [0.717, 1.165) is 0 Å². The number of hydrogen-bond donors (Lipinski definition) is 0. The molecule has 0 unspecified atom stereocenters. The summed E-state index contributed by atoms with van der Waals surface area (Å²) in [5.41, 5.74) is 16.7. The van der Waals surface area contributed by atoms with Crippen LogP contribution >= 0.6 is 0 Å². The van der Waals surface area contributed by atoms with Crippen LogP contribution in [-0.4, -0.2) is 0 Å². The fourth-order valence-electron chi connectivity index (χ4n) is 9.33. The Kier molecular flexibility index (Phi) is 6.34. The Morgan fingerprint density at radius 2 is 0.745 bits per heavy atom. The third-order valence-corrected chi connectivity index (χ3v) is 11.8. The Hall–Kier alpha value is -5.92. The van der Waals surface area contributed by atoms with E-state index in [-0.39, 0.29) is 10.8 Å². The molecule has 0 aromatic heterocycles. The van der Waals surface area contributed by atoms with Crippen LogP contribution in [0.2, 0.25) is 0 Å². The van der Waals surface area contributed by atoms with Crippen LogP contribution in [0.25, 0.3) is 54.9 Å². The first-order valence-corrected chi connectivity index (χ1v) is 18.1. The van der Waals surface area contributed by atoms with Gasteiger partial charge in [0.1, 0.15) is 0 Å². The summed E-state index contributed by atoms with van der Waals surface area (Å²) in [7, 11) is 0. The molecule has 0 heterocycles. The summed E-state index contributed by atoms with van der Waals surface area (Å²) < 4.78 is 0. The van der Waals surface area contributed by atoms with Crippen molar-refractivity contribution >= 4 is 38.6 Å². The van der Waals surface area contributed by atoms with Gasteiger partial charge in [0.2, 0.25) is 0 Å². The molecule has 2 aliphatic carbocycles. The minimum atomic E-state index is -0.115. The molecule has 0 fully saturated rings. The van der Waals surface area contributed by atoms with Gasteiger partial charge in [-0.15, -0.1) is 0 Å². The molecule has 0 amide bonds. The lowest BCUT2D eigenvalue weighted by Gasteiger charge is -2.32. The second kappa shape index (κ2) is 10.8. The summed E-state index contributed by atoms with van der Waals surface area (Å²) in [5.74, 6) is 0. The molecule has 1 nitrogen and oxygen atoms in total. The van der Waals surface area contributed by atoms with E-state index >= 15 is 0 Å². The van der Waals surface area contributed by atoms with E-state index in [2.05, 4.69) is 196 Å². The normalized spacial score (nSPS) is 14.6. The molecule has 0 atom stereocenters. The number of anilines is 3. The topological polar surface area (TPSA) is 3.24 Å². The zero-order valence-corrected chi connectivity index (χ0v) is 29.5. The lowest BCUT2D eigenvalue weighted by Crippen LogP contribution is -2.18. The molecule has 2 aliphatic rings. The molecule has 0 radical (unpaired) electrons. The monoisotopic (exact) mass is 653 g/mol. The molecule has 51 heavy (non-hydrogen) atoms. The Balaban J connectivity index is 1.30. The zero-order valence-electron chi connectivity index (χ0n) is 29.5. The standard InChI is InChI=1S/C50H39N/c1-49(2)43-24-14-12-18-35(43)37-28-26-33(30-45(37)49)51(34-27-29-38-36-19-13-15-25-44(36)50(3,4)46(38)31-34)48-41-22-10-8-20-39(41)47(32-16-6-5-7-17-32)40-21-9-11-23-42(40)48/h5-31H,1-4H3. The van der Waals surface area contributed by atoms with Gasteiger partial charge in [0.25, 0.3) is 0 Å². The molecule has 8 aromatic carbocycles. The molecule has 0 N–H and O–H groups in total. The maximum atomic E-state index is 2.55. The number of hydrogen-bond acceptors (Lipinski definition) is 1. The summed E-state index contributed by atoms with van der Waals surface area (Å²) in [6.07, 6.45) is 0. The van der Waals surface area contributed by atoms with Crippen molar-refractivity contribution in [3.63, 3.8) is 0 Å². The van der Waals surface area contributed by atoms with Gasteiger partial charge in [-0.1, -0.05) is 167 Å².